The highest BCUT2D eigenvalue weighted by Gasteiger charge is 2.36. The lowest BCUT2D eigenvalue weighted by atomic mass is 9.68. The van der Waals surface area contributed by atoms with Gasteiger partial charge in [-0.15, -0.1) is 0 Å². The number of benzene rings is 1. The molecule has 1 aliphatic carbocycles. The molecule has 2 aromatic heterocycles. The summed E-state index contributed by atoms with van der Waals surface area (Å²) in [5.41, 5.74) is 7.80. The highest BCUT2D eigenvalue weighted by molar-refractivity contribution is 6.30. The van der Waals surface area contributed by atoms with Crippen LogP contribution in [0.3, 0.4) is 0 Å². The number of nitrogens with two attached hydrogens (primary N) is 1. The lowest BCUT2D eigenvalue weighted by molar-refractivity contribution is 0.0917. The molecule has 0 bridgehead atoms. The average Bonchev–Trinajstić information content (AvgIpc) is 3.29. The molecular formula is C21H23ClN6O. The van der Waals surface area contributed by atoms with E-state index in [4.69, 9.17) is 17.3 Å². The molecule has 3 aromatic rings. The molecule has 1 aromatic carbocycles. The van der Waals surface area contributed by atoms with E-state index in [0.717, 1.165) is 30.7 Å². The number of nitrogens with one attached hydrogen (secondary N) is 1. The zero-order valence-corrected chi connectivity index (χ0v) is 16.7. The van der Waals surface area contributed by atoms with Crippen LogP contribution in [0.4, 0.5) is 0 Å². The predicted molar refractivity (Wildman–Crippen MR) is 111 cm³/mol. The normalized spacial score (nSPS) is 21.7. The number of hydrogen-bond donors (Lipinski definition) is 2. The van der Waals surface area contributed by atoms with Gasteiger partial charge in [-0.3, -0.25) is 4.79 Å². The van der Waals surface area contributed by atoms with E-state index in [1.54, 1.807) is 29.3 Å². The first-order chi connectivity index (χ1) is 14.1. The van der Waals surface area contributed by atoms with Gasteiger partial charge in [0.1, 0.15) is 12.7 Å². The Morgan fingerprint density at radius 1 is 1.28 bits per heavy atom. The smallest absolute Gasteiger partial charge is 0.253 e. The minimum absolute atomic E-state index is 0.0763. The molecule has 2 heterocycles. The van der Waals surface area contributed by atoms with E-state index in [0.29, 0.717) is 17.9 Å². The maximum Gasteiger partial charge on any atom is 0.253 e. The van der Waals surface area contributed by atoms with Crippen LogP contribution in [0.5, 0.6) is 0 Å². The molecule has 0 radical (unpaired) electrons. The van der Waals surface area contributed by atoms with E-state index in [2.05, 4.69) is 26.4 Å². The van der Waals surface area contributed by atoms with Crippen LogP contribution in [0.2, 0.25) is 5.02 Å². The minimum atomic E-state index is -0.115. The van der Waals surface area contributed by atoms with Gasteiger partial charge in [0.05, 0.1) is 5.56 Å². The molecular weight excluding hydrogens is 388 g/mol. The van der Waals surface area contributed by atoms with Crippen molar-refractivity contribution in [3.05, 3.63) is 71.4 Å². The molecule has 8 heteroatoms. The summed E-state index contributed by atoms with van der Waals surface area (Å²) in [6, 6.07) is 11.6. The van der Waals surface area contributed by atoms with E-state index in [-0.39, 0.29) is 17.4 Å². The van der Waals surface area contributed by atoms with Gasteiger partial charge in [0.25, 0.3) is 5.91 Å². The molecule has 4 rings (SSSR count). The third-order valence-corrected chi connectivity index (χ3v) is 6.00. The summed E-state index contributed by atoms with van der Waals surface area (Å²) in [6.45, 7) is 0.571. The van der Waals surface area contributed by atoms with Crippen molar-refractivity contribution in [1.82, 2.24) is 25.1 Å². The molecule has 1 saturated carbocycles. The molecule has 0 atom stereocenters. The second-order valence-corrected chi connectivity index (χ2v) is 7.92. The highest BCUT2D eigenvalue weighted by Crippen LogP contribution is 2.39. The zero-order chi connectivity index (χ0) is 20.3. The van der Waals surface area contributed by atoms with Crippen LogP contribution in [0.25, 0.3) is 5.82 Å². The molecule has 0 saturated heterocycles. The Hall–Kier alpha value is -2.77. The molecule has 150 valence electrons. The first-order valence-electron chi connectivity index (χ1n) is 9.68. The number of aromatic nitrogens is 4. The Morgan fingerprint density at radius 2 is 2.10 bits per heavy atom. The van der Waals surface area contributed by atoms with Gasteiger partial charge in [-0.2, -0.15) is 5.10 Å². The fourth-order valence-electron chi connectivity index (χ4n) is 3.99. The number of carbonyl (C=O) groups excluding carboxylic acids is 1. The Labute approximate surface area is 174 Å². The average molecular weight is 411 g/mol. The number of rotatable bonds is 5. The quantitative estimate of drug-likeness (QED) is 0.673. The van der Waals surface area contributed by atoms with Crippen molar-refractivity contribution < 1.29 is 4.79 Å². The molecule has 1 amide bonds. The van der Waals surface area contributed by atoms with E-state index in [1.165, 1.54) is 11.9 Å². The van der Waals surface area contributed by atoms with Crippen LogP contribution >= 0.6 is 11.6 Å². The fraction of sp³-hybridized carbons (Fsp3) is 0.333. The second kappa shape index (κ2) is 8.31. The number of nitrogens with zero attached hydrogens (tertiary/aromatic N) is 4. The summed E-state index contributed by atoms with van der Waals surface area (Å²) < 4.78 is 1.55. The Kier molecular flexibility index (Phi) is 5.60. The Balaban J connectivity index is 1.38. The van der Waals surface area contributed by atoms with Crippen molar-refractivity contribution >= 4 is 17.5 Å². The standard InChI is InChI=1S/C21H23ClN6O/c22-17-3-1-2-16(10-17)21(12-23)8-6-18(7-9-21)27-20(29)15-4-5-19(25-11-15)28-14-24-13-26-28/h1-5,10-11,13-14,18H,6-9,12,23H2,(H,27,29). The van der Waals surface area contributed by atoms with Gasteiger partial charge in [-0.1, -0.05) is 23.7 Å². The van der Waals surface area contributed by atoms with E-state index < -0.39 is 0 Å². The number of amides is 1. The summed E-state index contributed by atoms with van der Waals surface area (Å²) >= 11 is 6.18. The third-order valence-electron chi connectivity index (χ3n) is 5.77. The van der Waals surface area contributed by atoms with Crippen LogP contribution in [0.1, 0.15) is 41.6 Å². The maximum atomic E-state index is 12.6. The number of halogens is 1. The van der Waals surface area contributed by atoms with Crippen molar-refractivity contribution in [3.63, 3.8) is 0 Å². The summed E-state index contributed by atoms with van der Waals surface area (Å²) in [7, 11) is 0. The van der Waals surface area contributed by atoms with Crippen LogP contribution in [0.15, 0.2) is 55.2 Å². The van der Waals surface area contributed by atoms with Crippen molar-refractivity contribution in [1.29, 1.82) is 0 Å². The molecule has 0 unspecified atom stereocenters. The topological polar surface area (TPSA) is 98.7 Å². The Morgan fingerprint density at radius 3 is 2.72 bits per heavy atom. The fourth-order valence-corrected chi connectivity index (χ4v) is 4.19. The third kappa shape index (κ3) is 4.16. The van der Waals surface area contributed by atoms with Crippen molar-refractivity contribution in [2.75, 3.05) is 6.54 Å². The van der Waals surface area contributed by atoms with Crippen LogP contribution < -0.4 is 11.1 Å². The molecule has 7 nitrogen and oxygen atoms in total. The molecule has 1 aliphatic rings. The molecule has 0 aliphatic heterocycles. The van der Waals surface area contributed by atoms with Gasteiger partial charge in [-0.05, 0) is 55.5 Å². The first-order valence-corrected chi connectivity index (χ1v) is 10.1. The van der Waals surface area contributed by atoms with Gasteiger partial charge < -0.3 is 11.1 Å². The van der Waals surface area contributed by atoms with Crippen molar-refractivity contribution in [3.8, 4) is 5.82 Å². The van der Waals surface area contributed by atoms with E-state index in [1.807, 2.05) is 18.2 Å². The van der Waals surface area contributed by atoms with Gasteiger partial charge in [0, 0.05) is 29.2 Å². The number of carbonyl (C=O) groups is 1. The zero-order valence-electron chi connectivity index (χ0n) is 16.0. The molecule has 29 heavy (non-hydrogen) atoms. The largest absolute Gasteiger partial charge is 0.349 e. The summed E-state index contributed by atoms with van der Waals surface area (Å²) in [6.07, 6.45) is 8.14. The number of pyridine rings is 1. The van der Waals surface area contributed by atoms with Gasteiger partial charge >= 0.3 is 0 Å². The van der Waals surface area contributed by atoms with E-state index >= 15 is 0 Å². The molecule has 1 fully saturated rings. The minimum Gasteiger partial charge on any atom is -0.349 e. The monoisotopic (exact) mass is 410 g/mol. The van der Waals surface area contributed by atoms with Gasteiger partial charge in [-0.25, -0.2) is 14.6 Å². The lowest BCUT2D eigenvalue weighted by Crippen LogP contribution is -2.45. The van der Waals surface area contributed by atoms with Crippen molar-refractivity contribution in [2.24, 2.45) is 5.73 Å². The Bertz CT molecular complexity index is 965. The predicted octanol–water partition coefficient (Wildman–Crippen LogP) is 2.88. The van der Waals surface area contributed by atoms with Gasteiger partial charge in [0.2, 0.25) is 0 Å². The van der Waals surface area contributed by atoms with Crippen LogP contribution in [-0.2, 0) is 5.41 Å². The first kappa shape index (κ1) is 19.5. The SMILES string of the molecule is NCC1(c2cccc(Cl)c2)CCC(NC(=O)c2ccc(-n3cncn3)nc2)CC1. The summed E-state index contributed by atoms with van der Waals surface area (Å²) in [5.74, 6) is 0.501. The maximum absolute atomic E-state index is 12.6. The lowest BCUT2D eigenvalue weighted by Gasteiger charge is -2.40. The highest BCUT2D eigenvalue weighted by atomic mass is 35.5. The second-order valence-electron chi connectivity index (χ2n) is 7.49. The van der Waals surface area contributed by atoms with Gasteiger partial charge in [0.15, 0.2) is 5.82 Å². The molecule has 3 N–H and O–H groups in total. The van der Waals surface area contributed by atoms with E-state index in [9.17, 15) is 4.79 Å². The van der Waals surface area contributed by atoms with Crippen LogP contribution in [-0.4, -0.2) is 38.2 Å². The molecule has 0 spiro atoms. The number of hydrogen-bond acceptors (Lipinski definition) is 5. The summed E-state index contributed by atoms with van der Waals surface area (Å²) in [5, 5.41) is 7.89. The van der Waals surface area contributed by atoms with Crippen molar-refractivity contribution in [2.45, 2.75) is 37.1 Å². The summed E-state index contributed by atoms with van der Waals surface area (Å²) in [4.78, 5) is 20.8. The van der Waals surface area contributed by atoms with Crippen LogP contribution in [0, 0.1) is 0 Å².